The summed E-state index contributed by atoms with van der Waals surface area (Å²) >= 11 is 6.37. The first kappa shape index (κ1) is 25.5. The number of aliphatic imine (C=N–C) groups is 1. The highest BCUT2D eigenvalue weighted by Gasteiger charge is 2.45. The van der Waals surface area contributed by atoms with Gasteiger partial charge in [-0.25, -0.2) is 0 Å². The van der Waals surface area contributed by atoms with Gasteiger partial charge in [0.1, 0.15) is 12.0 Å². The molecule has 0 saturated heterocycles. The van der Waals surface area contributed by atoms with Gasteiger partial charge in [-0.05, 0) is 68.2 Å². The second kappa shape index (κ2) is 10.7. The maximum absolute atomic E-state index is 13.8. The lowest BCUT2D eigenvalue weighted by Gasteiger charge is -2.37. The van der Waals surface area contributed by atoms with Crippen LogP contribution in [-0.4, -0.2) is 35.8 Å². The van der Waals surface area contributed by atoms with Gasteiger partial charge in [0.05, 0.1) is 12.1 Å². The fourth-order valence-electron chi connectivity index (χ4n) is 6.04. The Morgan fingerprint density at radius 1 is 1.05 bits per heavy atom. The molecule has 2 aliphatic carbocycles. The van der Waals surface area contributed by atoms with Crippen molar-refractivity contribution in [3.63, 3.8) is 0 Å². The molecule has 2 aromatic carbocycles. The number of phenols is 1. The third-order valence-corrected chi connectivity index (χ3v) is 8.17. The van der Waals surface area contributed by atoms with Crippen molar-refractivity contribution in [2.75, 3.05) is 7.11 Å². The van der Waals surface area contributed by atoms with Crippen molar-refractivity contribution in [1.29, 1.82) is 0 Å². The molecule has 194 valence electrons. The van der Waals surface area contributed by atoms with E-state index in [1.165, 1.54) is 7.11 Å². The summed E-state index contributed by atoms with van der Waals surface area (Å²) in [6.45, 7) is 1.83. The molecule has 6 nitrogen and oxygen atoms in total. The van der Waals surface area contributed by atoms with E-state index in [4.69, 9.17) is 26.1 Å². The van der Waals surface area contributed by atoms with Crippen LogP contribution in [0, 0.1) is 5.92 Å². The van der Waals surface area contributed by atoms with Crippen molar-refractivity contribution >= 4 is 29.1 Å². The Hall–Kier alpha value is -3.12. The van der Waals surface area contributed by atoms with E-state index in [9.17, 15) is 14.7 Å². The van der Waals surface area contributed by atoms with Crippen molar-refractivity contribution in [3.05, 3.63) is 69.9 Å². The lowest BCUT2D eigenvalue weighted by molar-refractivity contribution is -0.153. The zero-order valence-electron chi connectivity index (χ0n) is 21.2. The van der Waals surface area contributed by atoms with Crippen LogP contribution in [0.1, 0.15) is 74.8 Å². The number of carbonyl (C=O) groups is 2. The number of Topliss-reactive ketones (excluding diaryl/α,β-unsaturated/α-hetero) is 1. The average molecular weight is 522 g/mol. The smallest absolute Gasteiger partial charge is 0.315 e. The summed E-state index contributed by atoms with van der Waals surface area (Å²) < 4.78 is 11.4. The van der Waals surface area contributed by atoms with Crippen molar-refractivity contribution in [2.45, 2.75) is 69.8 Å². The molecule has 0 aromatic heterocycles. The second-order valence-electron chi connectivity index (χ2n) is 10.3. The highest BCUT2D eigenvalue weighted by molar-refractivity contribution is 6.32. The van der Waals surface area contributed by atoms with Gasteiger partial charge in [0.25, 0.3) is 0 Å². The summed E-state index contributed by atoms with van der Waals surface area (Å²) in [6.07, 6.45) is 5.75. The maximum atomic E-state index is 13.8. The molecule has 1 saturated carbocycles. The zero-order valence-corrected chi connectivity index (χ0v) is 22.0. The fourth-order valence-corrected chi connectivity index (χ4v) is 6.25. The molecule has 0 spiro atoms. The molecule has 1 heterocycles. The predicted octanol–water partition coefficient (Wildman–Crippen LogP) is 6.51. The molecule has 0 bridgehead atoms. The molecular weight excluding hydrogens is 490 g/mol. The summed E-state index contributed by atoms with van der Waals surface area (Å²) in [6, 6.07) is 13.3. The van der Waals surface area contributed by atoms with Crippen molar-refractivity contribution in [1.82, 2.24) is 0 Å². The third kappa shape index (κ3) is 5.04. The number of halogens is 1. The lowest BCUT2D eigenvalue weighted by atomic mass is 9.69. The van der Waals surface area contributed by atoms with E-state index in [2.05, 4.69) is 0 Å². The number of carbonyl (C=O) groups excluding carboxylic acids is 2. The van der Waals surface area contributed by atoms with E-state index < -0.39 is 11.8 Å². The predicted molar refractivity (Wildman–Crippen MR) is 142 cm³/mol. The number of rotatable bonds is 5. The molecule has 1 N–H and O–H groups in total. The summed E-state index contributed by atoms with van der Waals surface area (Å²) in [7, 11) is 1.44. The normalized spacial score (nSPS) is 24.4. The standard InChI is InChI=1S/C30H32ClNO5/c1-17-26(30(35)37-21-11-7-4-8-12-21)27(20-13-22(31)29(34)25(16-20)36-2)28-23(32-17)14-19(15-24(28)33)18-9-5-3-6-10-18/h3,5-6,9-10,13,16,19,21,26-27,34H,4,7-8,11-12,14-15H2,1-2H3/t19-,26?,27+/m0/s1. The minimum absolute atomic E-state index is 0.0216. The summed E-state index contributed by atoms with van der Waals surface area (Å²) in [4.78, 5) is 32.3. The maximum Gasteiger partial charge on any atom is 0.315 e. The number of ketones is 1. The van der Waals surface area contributed by atoms with Crippen LogP contribution in [0.5, 0.6) is 11.5 Å². The molecule has 37 heavy (non-hydrogen) atoms. The van der Waals surface area contributed by atoms with Crippen LogP contribution >= 0.6 is 11.6 Å². The van der Waals surface area contributed by atoms with Crippen LogP contribution in [-0.2, 0) is 14.3 Å². The van der Waals surface area contributed by atoms with Crippen LogP contribution in [0.15, 0.2) is 58.7 Å². The number of hydrogen-bond acceptors (Lipinski definition) is 6. The van der Waals surface area contributed by atoms with E-state index in [0.717, 1.165) is 37.7 Å². The first-order chi connectivity index (χ1) is 17.9. The van der Waals surface area contributed by atoms with E-state index in [0.29, 0.717) is 35.4 Å². The van der Waals surface area contributed by atoms with Crippen LogP contribution in [0.3, 0.4) is 0 Å². The topological polar surface area (TPSA) is 85.2 Å². The van der Waals surface area contributed by atoms with E-state index in [1.807, 2.05) is 37.3 Å². The first-order valence-electron chi connectivity index (χ1n) is 13.0. The van der Waals surface area contributed by atoms with Crippen LogP contribution in [0.2, 0.25) is 5.02 Å². The highest BCUT2D eigenvalue weighted by atomic mass is 35.5. The number of phenolic OH excluding ortho intramolecular Hbond substituents is 1. The van der Waals surface area contributed by atoms with E-state index in [-0.39, 0.29) is 40.3 Å². The molecule has 7 heteroatoms. The Balaban J connectivity index is 1.58. The number of nitrogens with zero attached hydrogens (tertiary/aromatic N) is 1. The van der Waals surface area contributed by atoms with Gasteiger partial charge in [-0.15, -0.1) is 0 Å². The Labute approximate surface area is 222 Å². The van der Waals surface area contributed by atoms with Crippen LogP contribution in [0.4, 0.5) is 0 Å². The van der Waals surface area contributed by atoms with Crippen molar-refractivity contribution in [3.8, 4) is 11.5 Å². The van der Waals surface area contributed by atoms with Gasteiger partial charge < -0.3 is 14.6 Å². The molecule has 1 unspecified atom stereocenters. The molecular formula is C30H32ClNO5. The Kier molecular flexibility index (Phi) is 7.38. The summed E-state index contributed by atoms with van der Waals surface area (Å²) in [5.74, 6) is -1.75. The molecule has 3 atom stereocenters. The van der Waals surface area contributed by atoms with E-state index in [1.54, 1.807) is 12.1 Å². The first-order valence-corrected chi connectivity index (χ1v) is 13.4. The third-order valence-electron chi connectivity index (χ3n) is 7.88. The monoisotopic (exact) mass is 521 g/mol. The SMILES string of the molecule is COc1cc([C@H]2C3=C(C[C@H](c4ccccc4)CC3=O)N=C(C)C2C(=O)OC2CCCCC2)cc(Cl)c1O. The molecule has 2 aromatic rings. The largest absolute Gasteiger partial charge is 0.503 e. The van der Waals surface area contributed by atoms with E-state index >= 15 is 0 Å². The van der Waals surface area contributed by atoms with Gasteiger partial charge in [0.2, 0.25) is 0 Å². The highest BCUT2D eigenvalue weighted by Crippen LogP contribution is 2.49. The average Bonchev–Trinajstić information content (AvgIpc) is 2.90. The minimum atomic E-state index is -0.761. The molecule has 0 amide bonds. The van der Waals surface area contributed by atoms with Gasteiger partial charge in [0.15, 0.2) is 17.3 Å². The Bertz CT molecular complexity index is 1260. The van der Waals surface area contributed by atoms with Crippen LogP contribution in [0.25, 0.3) is 0 Å². The van der Waals surface area contributed by atoms with Gasteiger partial charge in [0, 0.05) is 29.3 Å². The Morgan fingerprint density at radius 3 is 2.49 bits per heavy atom. The zero-order chi connectivity index (χ0) is 26.1. The summed E-state index contributed by atoms with van der Waals surface area (Å²) in [5.41, 5.74) is 3.58. The Morgan fingerprint density at radius 2 is 1.78 bits per heavy atom. The number of methoxy groups -OCH3 is 1. The van der Waals surface area contributed by atoms with Crippen molar-refractivity contribution < 1.29 is 24.2 Å². The minimum Gasteiger partial charge on any atom is -0.503 e. The lowest BCUT2D eigenvalue weighted by Crippen LogP contribution is -2.39. The second-order valence-corrected chi connectivity index (χ2v) is 10.7. The van der Waals surface area contributed by atoms with Gasteiger partial charge >= 0.3 is 5.97 Å². The molecule has 1 fully saturated rings. The number of hydrogen-bond donors (Lipinski definition) is 1. The van der Waals surface area contributed by atoms with Gasteiger partial charge in [-0.1, -0.05) is 48.4 Å². The molecule has 0 radical (unpaired) electrons. The van der Waals surface area contributed by atoms with Crippen molar-refractivity contribution in [2.24, 2.45) is 10.9 Å². The molecule has 3 aliphatic rings. The fraction of sp³-hybridized carbons (Fsp3) is 0.433. The quantitative estimate of drug-likeness (QED) is 0.453. The summed E-state index contributed by atoms with van der Waals surface area (Å²) in [5, 5.41) is 10.5. The van der Waals surface area contributed by atoms with Gasteiger partial charge in [-0.2, -0.15) is 0 Å². The number of esters is 1. The number of aromatic hydroxyl groups is 1. The number of benzene rings is 2. The number of ether oxygens (including phenoxy) is 2. The molecule has 1 aliphatic heterocycles. The number of allylic oxidation sites excluding steroid dienone is 2. The van der Waals surface area contributed by atoms with Gasteiger partial charge in [-0.3, -0.25) is 14.6 Å². The van der Waals surface area contributed by atoms with Crippen LogP contribution < -0.4 is 4.74 Å². The molecule has 5 rings (SSSR count).